The van der Waals surface area contributed by atoms with E-state index in [1.807, 2.05) is 0 Å². The van der Waals surface area contributed by atoms with Crippen LogP contribution in [0.5, 0.6) is 0 Å². The van der Waals surface area contributed by atoms with Gasteiger partial charge in [0.15, 0.2) is 0 Å². The molecule has 0 aliphatic rings. The predicted octanol–water partition coefficient (Wildman–Crippen LogP) is 2.33. The lowest BCUT2D eigenvalue weighted by atomic mass is 10.2. The van der Waals surface area contributed by atoms with E-state index in [0.717, 1.165) is 0 Å². The first-order chi connectivity index (χ1) is 12.6. The van der Waals surface area contributed by atoms with Crippen LogP contribution < -0.4 is 15.4 Å². The van der Waals surface area contributed by atoms with Gasteiger partial charge < -0.3 is 10.6 Å². The zero-order valence-corrected chi connectivity index (χ0v) is 14.9. The summed E-state index contributed by atoms with van der Waals surface area (Å²) in [6.45, 7) is -0.131. The molecule has 0 aliphatic heterocycles. The molecule has 2 aromatic rings. The second-order valence-electron chi connectivity index (χ2n) is 5.30. The molecular formula is C16H16F3N5O2S. The number of rotatable bonds is 7. The maximum Gasteiger partial charge on any atom is 0.421 e. The highest BCUT2D eigenvalue weighted by atomic mass is 32.2. The smallest absolute Gasteiger partial charge is 0.358 e. The number of anilines is 3. The Hall–Kier alpha value is -2.84. The summed E-state index contributed by atoms with van der Waals surface area (Å²) in [5.74, 6) is 1.48. The van der Waals surface area contributed by atoms with Crippen LogP contribution in [0.2, 0.25) is 0 Å². The number of hydrogen-bond donors (Lipinski definition) is 3. The summed E-state index contributed by atoms with van der Waals surface area (Å²) in [4.78, 5) is 7.48. The van der Waals surface area contributed by atoms with Gasteiger partial charge >= 0.3 is 6.18 Å². The molecule has 2 rings (SSSR count). The Morgan fingerprint density at radius 1 is 1.22 bits per heavy atom. The van der Waals surface area contributed by atoms with E-state index in [2.05, 4.69) is 31.2 Å². The van der Waals surface area contributed by atoms with Gasteiger partial charge in [-0.3, -0.25) is 0 Å². The molecule has 7 nitrogen and oxygen atoms in total. The maximum absolute atomic E-state index is 13.0. The van der Waals surface area contributed by atoms with Crippen LogP contribution in [0.25, 0.3) is 0 Å². The molecule has 1 aromatic carbocycles. The molecule has 0 saturated heterocycles. The van der Waals surface area contributed by atoms with Gasteiger partial charge in [0.05, 0.1) is 12.3 Å². The van der Waals surface area contributed by atoms with Crippen molar-refractivity contribution in [3.63, 3.8) is 0 Å². The zero-order valence-electron chi connectivity index (χ0n) is 14.1. The molecule has 11 heteroatoms. The molecule has 1 heterocycles. The average molecular weight is 399 g/mol. The molecule has 3 N–H and O–H groups in total. The molecule has 0 aliphatic carbocycles. The molecule has 0 atom stereocenters. The summed E-state index contributed by atoms with van der Waals surface area (Å²) in [6.07, 6.45) is 1.09. The van der Waals surface area contributed by atoms with Crippen LogP contribution in [0.4, 0.5) is 30.6 Å². The van der Waals surface area contributed by atoms with Gasteiger partial charge in [0, 0.05) is 11.9 Å². The fourth-order valence-corrected chi connectivity index (χ4v) is 2.80. The van der Waals surface area contributed by atoms with E-state index < -0.39 is 27.6 Å². The van der Waals surface area contributed by atoms with Gasteiger partial charge in [0.2, 0.25) is 16.0 Å². The van der Waals surface area contributed by atoms with Crippen LogP contribution in [0.3, 0.4) is 0 Å². The SMILES string of the molecule is C#CCNc1nc(Nc2ccc(CS(=O)(=O)NC)cc2)ncc1C(F)(F)F. The highest BCUT2D eigenvalue weighted by molar-refractivity contribution is 7.88. The standard InChI is InChI=1S/C16H16F3N5O2S/c1-3-8-21-14-13(16(17,18)19)9-22-15(24-14)23-12-6-4-11(5-7-12)10-27(25,26)20-2/h1,4-7,9,20H,8,10H2,2H3,(H2,21,22,23,24). The van der Waals surface area contributed by atoms with Gasteiger partial charge in [-0.25, -0.2) is 18.1 Å². The molecule has 0 radical (unpaired) electrons. The Bertz CT molecular complexity index is 938. The van der Waals surface area contributed by atoms with Crippen molar-refractivity contribution in [2.45, 2.75) is 11.9 Å². The maximum atomic E-state index is 13.0. The zero-order chi connectivity index (χ0) is 20.1. The minimum Gasteiger partial charge on any atom is -0.358 e. The first-order valence-electron chi connectivity index (χ1n) is 7.53. The Balaban J connectivity index is 2.20. The van der Waals surface area contributed by atoms with Crippen molar-refractivity contribution >= 4 is 27.5 Å². The lowest BCUT2D eigenvalue weighted by Crippen LogP contribution is -2.20. The molecule has 0 bridgehead atoms. The number of sulfonamides is 1. The lowest BCUT2D eigenvalue weighted by molar-refractivity contribution is -0.137. The molecule has 144 valence electrons. The molecule has 0 amide bonds. The third-order valence-corrected chi connectivity index (χ3v) is 4.67. The van der Waals surface area contributed by atoms with Gasteiger partial charge in [0.1, 0.15) is 11.4 Å². The lowest BCUT2D eigenvalue weighted by Gasteiger charge is -2.14. The minimum absolute atomic E-state index is 0.0712. The van der Waals surface area contributed by atoms with Crippen molar-refractivity contribution in [1.29, 1.82) is 0 Å². The summed E-state index contributed by atoms with van der Waals surface area (Å²) < 4.78 is 64.2. The van der Waals surface area contributed by atoms with Crippen molar-refractivity contribution < 1.29 is 21.6 Å². The first-order valence-corrected chi connectivity index (χ1v) is 9.18. The van der Waals surface area contributed by atoms with Crippen LogP contribution >= 0.6 is 0 Å². The van der Waals surface area contributed by atoms with E-state index in [9.17, 15) is 21.6 Å². The number of aromatic nitrogens is 2. The Kier molecular flexibility index (Phi) is 6.24. The second kappa shape index (κ2) is 8.24. The third kappa shape index (κ3) is 5.83. The summed E-state index contributed by atoms with van der Waals surface area (Å²) in [5, 5.41) is 5.17. The molecule has 27 heavy (non-hydrogen) atoms. The molecule has 0 spiro atoms. The molecule has 0 fully saturated rings. The second-order valence-corrected chi connectivity index (χ2v) is 7.22. The van der Waals surface area contributed by atoms with Gasteiger partial charge in [-0.05, 0) is 24.7 Å². The Morgan fingerprint density at radius 2 is 1.89 bits per heavy atom. The minimum atomic E-state index is -4.63. The van der Waals surface area contributed by atoms with Crippen LogP contribution in [0.15, 0.2) is 30.5 Å². The summed E-state index contributed by atoms with van der Waals surface area (Å²) >= 11 is 0. The fourth-order valence-electron chi connectivity index (χ4n) is 2.02. The van der Waals surface area contributed by atoms with Crippen molar-refractivity contribution in [2.75, 3.05) is 24.2 Å². The van der Waals surface area contributed by atoms with Crippen LogP contribution in [-0.4, -0.2) is 32.0 Å². The number of alkyl halides is 3. The predicted molar refractivity (Wildman–Crippen MR) is 95.8 cm³/mol. The fraction of sp³-hybridized carbons (Fsp3) is 0.250. The van der Waals surface area contributed by atoms with Crippen molar-refractivity contribution in [3.8, 4) is 12.3 Å². The number of nitrogens with one attached hydrogen (secondary N) is 3. The molecule has 0 saturated carbocycles. The molecule has 1 aromatic heterocycles. The normalized spacial score (nSPS) is 11.7. The van der Waals surface area contributed by atoms with E-state index in [1.165, 1.54) is 7.05 Å². The van der Waals surface area contributed by atoms with E-state index >= 15 is 0 Å². The topological polar surface area (TPSA) is 96.0 Å². The highest BCUT2D eigenvalue weighted by Gasteiger charge is 2.35. The monoisotopic (exact) mass is 399 g/mol. The van der Waals surface area contributed by atoms with E-state index in [4.69, 9.17) is 6.42 Å². The molecule has 0 unspecified atom stereocenters. The van der Waals surface area contributed by atoms with E-state index in [-0.39, 0.29) is 18.2 Å². The van der Waals surface area contributed by atoms with Gasteiger partial charge in [-0.1, -0.05) is 18.1 Å². The summed E-state index contributed by atoms with van der Waals surface area (Å²) in [6, 6.07) is 6.27. The largest absolute Gasteiger partial charge is 0.421 e. The first kappa shape index (κ1) is 20.5. The number of terminal acetylenes is 1. The molecular weight excluding hydrogens is 383 g/mol. The van der Waals surface area contributed by atoms with Crippen molar-refractivity contribution in [3.05, 3.63) is 41.6 Å². The van der Waals surface area contributed by atoms with Crippen LogP contribution in [0, 0.1) is 12.3 Å². The number of hydrogen-bond acceptors (Lipinski definition) is 6. The van der Waals surface area contributed by atoms with Crippen molar-refractivity contribution in [2.24, 2.45) is 0 Å². The van der Waals surface area contributed by atoms with Crippen LogP contribution in [-0.2, 0) is 22.0 Å². The summed E-state index contributed by atoms with van der Waals surface area (Å²) in [5.41, 5.74) is -0.0150. The van der Waals surface area contributed by atoms with Crippen molar-refractivity contribution in [1.82, 2.24) is 14.7 Å². The average Bonchev–Trinajstić information content (AvgIpc) is 2.60. The van der Waals surface area contributed by atoms with E-state index in [1.54, 1.807) is 24.3 Å². The van der Waals surface area contributed by atoms with Gasteiger partial charge in [-0.15, -0.1) is 6.42 Å². The summed E-state index contributed by atoms with van der Waals surface area (Å²) in [7, 11) is -2.09. The quantitative estimate of drug-likeness (QED) is 0.619. The van der Waals surface area contributed by atoms with E-state index in [0.29, 0.717) is 17.4 Å². The Labute approximate surface area is 154 Å². The third-order valence-electron chi connectivity index (χ3n) is 3.33. The highest BCUT2D eigenvalue weighted by Crippen LogP contribution is 2.34. The Morgan fingerprint density at radius 3 is 2.44 bits per heavy atom. The van der Waals surface area contributed by atoms with Gasteiger partial charge in [-0.2, -0.15) is 18.2 Å². The van der Waals surface area contributed by atoms with Gasteiger partial charge in [0.25, 0.3) is 0 Å². The number of benzene rings is 1. The number of nitrogens with zero attached hydrogens (tertiary/aromatic N) is 2. The number of halogens is 3. The van der Waals surface area contributed by atoms with Crippen LogP contribution in [0.1, 0.15) is 11.1 Å².